The van der Waals surface area contributed by atoms with E-state index in [1.54, 1.807) is 23.1 Å². The van der Waals surface area contributed by atoms with Crippen molar-refractivity contribution < 1.29 is 14.3 Å². The number of carbonyl (C=O) groups excluding carboxylic acids is 2. The number of hydrogen-bond acceptors (Lipinski definition) is 3. The molecule has 1 aliphatic heterocycles. The van der Waals surface area contributed by atoms with E-state index in [9.17, 15) is 9.59 Å². The highest BCUT2D eigenvalue weighted by Crippen LogP contribution is 2.25. The quantitative estimate of drug-likeness (QED) is 0.840. The molecule has 0 aliphatic carbocycles. The molecule has 0 unspecified atom stereocenters. The van der Waals surface area contributed by atoms with Crippen LogP contribution in [0.5, 0.6) is 5.75 Å². The van der Waals surface area contributed by atoms with Gasteiger partial charge in [0.15, 0.2) is 5.78 Å². The molecule has 0 aromatic heterocycles. The van der Waals surface area contributed by atoms with E-state index in [4.69, 9.17) is 16.3 Å². The molecule has 0 atom stereocenters. The van der Waals surface area contributed by atoms with Gasteiger partial charge in [-0.3, -0.25) is 4.79 Å². The molecule has 6 heteroatoms. The lowest BCUT2D eigenvalue weighted by molar-refractivity contribution is 0.101. The molecule has 1 aromatic rings. The second-order valence-electron chi connectivity index (χ2n) is 4.27. The zero-order valence-electron chi connectivity index (χ0n) is 10.6. The van der Waals surface area contributed by atoms with Gasteiger partial charge in [-0.2, -0.15) is 0 Å². The Labute approximate surface area is 116 Å². The van der Waals surface area contributed by atoms with Gasteiger partial charge in [0.1, 0.15) is 12.4 Å². The maximum absolute atomic E-state index is 11.3. The Hall–Kier alpha value is -1.75. The molecule has 0 radical (unpaired) electrons. The predicted molar refractivity (Wildman–Crippen MR) is 71.9 cm³/mol. The number of hydrogen-bond donors (Lipinski definition) is 1. The lowest BCUT2D eigenvalue weighted by Crippen LogP contribution is -2.31. The zero-order valence-corrected chi connectivity index (χ0v) is 11.4. The Morgan fingerprint density at radius 3 is 2.89 bits per heavy atom. The maximum Gasteiger partial charge on any atom is 0.317 e. The highest BCUT2D eigenvalue weighted by atomic mass is 35.5. The molecular formula is C13H15ClN2O3. The van der Waals surface area contributed by atoms with Gasteiger partial charge in [0.05, 0.1) is 11.6 Å². The number of benzene rings is 1. The largest absolute Gasteiger partial charge is 0.490 e. The summed E-state index contributed by atoms with van der Waals surface area (Å²) in [5, 5.41) is 3.12. The van der Waals surface area contributed by atoms with Gasteiger partial charge in [-0.05, 0) is 25.1 Å². The number of urea groups is 1. The molecular weight excluding hydrogens is 268 g/mol. The van der Waals surface area contributed by atoms with Crippen LogP contribution in [-0.2, 0) is 0 Å². The number of ether oxygens (including phenoxy) is 1. The molecule has 1 heterocycles. The second kappa shape index (κ2) is 5.93. The van der Waals surface area contributed by atoms with Crippen molar-refractivity contribution in [1.82, 2.24) is 10.2 Å². The number of rotatable bonds is 5. The fourth-order valence-corrected chi connectivity index (χ4v) is 2.06. The van der Waals surface area contributed by atoms with E-state index in [2.05, 4.69) is 5.32 Å². The number of nitrogens with one attached hydrogen (secondary N) is 1. The van der Waals surface area contributed by atoms with Crippen molar-refractivity contribution in [2.45, 2.75) is 6.92 Å². The fraction of sp³-hybridized carbons (Fsp3) is 0.385. The van der Waals surface area contributed by atoms with Crippen molar-refractivity contribution in [2.75, 3.05) is 26.2 Å². The molecule has 1 saturated heterocycles. The van der Waals surface area contributed by atoms with Gasteiger partial charge in [0.25, 0.3) is 0 Å². The molecule has 1 aromatic carbocycles. The van der Waals surface area contributed by atoms with Gasteiger partial charge in [0, 0.05) is 18.7 Å². The van der Waals surface area contributed by atoms with E-state index >= 15 is 0 Å². The van der Waals surface area contributed by atoms with Crippen LogP contribution in [0.2, 0.25) is 5.02 Å². The van der Waals surface area contributed by atoms with Crippen LogP contribution >= 0.6 is 11.6 Å². The van der Waals surface area contributed by atoms with Gasteiger partial charge in [0.2, 0.25) is 0 Å². The van der Waals surface area contributed by atoms with Crippen molar-refractivity contribution in [3.63, 3.8) is 0 Å². The number of halogens is 1. The lowest BCUT2D eigenvalue weighted by Gasteiger charge is -2.15. The summed E-state index contributed by atoms with van der Waals surface area (Å²) in [4.78, 5) is 24.2. The first-order valence-corrected chi connectivity index (χ1v) is 6.42. The van der Waals surface area contributed by atoms with Crippen LogP contribution in [0.3, 0.4) is 0 Å². The molecule has 5 nitrogen and oxygen atoms in total. The Balaban J connectivity index is 1.89. The van der Waals surface area contributed by atoms with E-state index in [1.165, 1.54) is 6.92 Å². The SMILES string of the molecule is CC(=O)c1ccc(OCCN2CCNC2=O)c(Cl)c1. The smallest absolute Gasteiger partial charge is 0.317 e. The third-order valence-corrected chi connectivity index (χ3v) is 3.20. The Bertz CT molecular complexity index is 505. The average Bonchev–Trinajstić information content (AvgIpc) is 2.77. The summed E-state index contributed by atoms with van der Waals surface area (Å²) in [6, 6.07) is 4.86. The molecule has 2 amide bonds. The molecule has 1 N–H and O–H groups in total. The Kier molecular flexibility index (Phi) is 4.27. The molecule has 0 saturated carbocycles. The number of Topliss-reactive ketones (excluding diaryl/α,β-unsaturated/α-hetero) is 1. The van der Waals surface area contributed by atoms with Gasteiger partial charge >= 0.3 is 6.03 Å². The summed E-state index contributed by atoms with van der Waals surface area (Å²) < 4.78 is 5.52. The molecule has 0 bridgehead atoms. The van der Waals surface area contributed by atoms with E-state index in [1.807, 2.05) is 0 Å². The Morgan fingerprint density at radius 2 is 2.32 bits per heavy atom. The van der Waals surface area contributed by atoms with Crippen LogP contribution in [0.25, 0.3) is 0 Å². The summed E-state index contributed by atoms with van der Waals surface area (Å²) in [5.74, 6) is 0.480. The summed E-state index contributed by atoms with van der Waals surface area (Å²) >= 11 is 6.03. The maximum atomic E-state index is 11.3. The number of nitrogens with zero attached hydrogens (tertiary/aromatic N) is 1. The first-order chi connectivity index (χ1) is 9.08. The number of ketones is 1. The van der Waals surface area contributed by atoms with Crippen molar-refractivity contribution in [3.8, 4) is 5.75 Å². The monoisotopic (exact) mass is 282 g/mol. The highest BCUT2D eigenvalue weighted by Gasteiger charge is 2.18. The van der Waals surface area contributed by atoms with Gasteiger partial charge in [-0.25, -0.2) is 4.79 Å². The summed E-state index contributed by atoms with van der Waals surface area (Å²) in [6.07, 6.45) is 0. The second-order valence-corrected chi connectivity index (χ2v) is 4.68. The number of carbonyl (C=O) groups is 2. The van der Waals surface area contributed by atoms with Gasteiger partial charge in [-0.1, -0.05) is 11.6 Å². The van der Waals surface area contributed by atoms with Crippen LogP contribution in [0.4, 0.5) is 4.79 Å². The van der Waals surface area contributed by atoms with Crippen molar-refractivity contribution in [3.05, 3.63) is 28.8 Å². The summed E-state index contributed by atoms with van der Waals surface area (Å²) in [6.45, 7) is 3.73. The third-order valence-electron chi connectivity index (χ3n) is 2.90. The van der Waals surface area contributed by atoms with Crippen LogP contribution in [0.1, 0.15) is 17.3 Å². The highest BCUT2D eigenvalue weighted by molar-refractivity contribution is 6.32. The minimum atomic E-state index is -0.0679. The van der Waals surface area contributed by atoms with Crippen LogP contribution in [0.15, 0.2) is 18.2 Å². The standard InChI is InChI=1S/C13H15ClN2O3/c1-9(17)10-2-3-12(11(14)8-10)19-7-6-16-5-4-15-13(16)18/h2-3,8H,4-7H2,1H3,(H,15,18). The summed E-state index contributed by atoms with van der Waals surface area (Å²) in [5.41, 5.74) is 0.552. The van der Waals surface area contributed by atoms with Crippen molar-refractivity contribution in [1.29, 1.82) is 0 Å². The lowest BCUT2D eigenvalue weighted by atomic mass is 10.1. The molecule has 0 spiro atoms. The molecule has 102 valence electrons. The van der Waals surface area contributed by atoms with Crippen molar-refractivity contribution in [2.24, 2.45) is 0 Å². The van der Waals surface area contributed by atoms with E-state index in [-0.39, 0.29) is 11.8 Å². The number of amides is 2. The van der Waals surface area contributed by atoms with Gasteiger partial charge < -0.3 is 15.0 Å². The molecule has 1 fully saturated rings. The summed E-state index contributed by atoms with van der Waals surface area (Å²) in [7, 11) is 0. The molecule has 2 rings (SSSR count). The van der Waals surface area contributed by atoms with E-state index in [0.717, 1.165) is 0 Å². The zero-order chi connectivity index (χ0) is 13.8. The van der Waals surface area contributed by atoms with E-state index < -0.39 is 0 Å². The van der Waals surface area contributed by atoms with Crippen LogP contribution < -0.4 is 10.1 Å². The first-order valence-electron chi connectivity index (χ1n) is 6.04. The minimum Gasteiger partial charge on any atom is -0.490 e. The first kappa shape index (κ1) is 13.7. The van der Waals surface area contributed by atoms with Gasteiger partial charge in [-0.15, -0.1) is 0 Å². The van der Waals surface area contributed by atoms with Crippen LogP contribution in [0, 0.1) is 0 Å². The molecule has 1 aliphatic rings. The fourth-order valence-electron chi connectivity index (χ4n) is 1.83. The minimum absolute atomic E-state index is 0.0396. The molecule has 19 heavy (non-hydrogen) atoms. The normalized spacial score (nSPS) is 14.4. The average molecular weight is 283 g/mol. The van der Waals surface area contributed by atoms with E-state index in [0.29, 0.717) is 42.6 Å². The topological polar surface area (TPSA) is 58.6 Å². The Morgan fingerprint density at radius 1 is 1.53 bits per heavy atom. The predicted octanol–water partition coefficient (Wildman–Crippen LogP) is 1.95. The van der Waals surface area contributed by atoms with Crippen molar-refractivity contribution >= 4 is 23.4 Å². The van der Waals surface area contributed by atoms with Crippen LogP contribution in [-0.4, -0.2) is 43.0 Å². The third kappa shape index (κ3) is 3.38.